The minimum absolute atomic E-state index is 0.150. The second-order valence-electron chi connectivity index (χ2n) is 7.77. The highest BCUT2D eigenvalue weighted by Crippen LogP contribution is 2.20. The molecule has 0 atom stereocenters. The van der Waals surface area contributed by atoms with Crippen molar-refractivity contribution >= 4 is 38.5 Å². The summed E-state index contributed by atoms with van der Waals surface area (Å²) in [4.78, 5) is 12.4. The number of fused-ring (bicyclic) bond motifs is 1. The van der Waals surface area contributed by atoms with Gasteiger partial charge in [0.1, 0.15) is 0 Å². The Morgan fingerprint density at radius 1 is 0.897 bits per heavy atom. The van der Waals surface area contributed by atoms with E-state index in [4.69, 9.17) is 0 Å². The molecule has 3 rings (SSSR count). The number of sulfonamides is 1. The van der Waals surface area contributed by atoms with E-state index in [1.807, 2.05) is 42.5 Å². The molecule has 1 amide bonds. The van der Waals surface area contributed by atoms with Gasteiger partial charge in [0.05, 0.1) is 4.90 Å². The zero-order valence-corrected chi connectivity index (χ0v) is 17.5. The van der Waals surface area contributed by atoms with Gasteiger partial charge in [-0.15, -0.1) is 0 Å². The lowest BCUT2D eigenvalue weighted by atomic mass is 10.0. The average molecular weight is 409 g/mol. The molecule has 6 heteroatoms. The van der Waals surface area contributed by atoms with Crippen LogP contribution in [-0.2, 0) is 14.8 Å². The van der Waals surface area contributed by atoms with Crippen LogP contribution in [0.4, 0.5) is 5.69 Å². The third kappa shape index (κ3) is 5.53. The minimum Gasteiger partial charge on any atom is -0.323 e. The van der Waals surface area contributed by atoms with E-state index in [9.17, 15) is 13.2 Å². The minimum atomic E-state index is -3.61. The summed E-state index contributed by atoms with van der Waals surface area (Å²) in [7, 11) is -3.61. The van der Waals surface area contributed by atoms with Crippen molar-refractivity contribution in [3.8, 4) is 0 Å². The van der Waals surface area contributed by atoms with Crippen LogP contribution in [0.25, 0.3) is 16.8 Å². The molecule has 0 unspecified atom stereocenters. The highest BCUT2D eigenvalue weighted by atomic mass is 32.2. The van der Waals surface area contributed by atoms with E-state index in [-0.39, 0.29) is 10.8 Å². The predicted molar refractivity (Wildman–Crippen MR) is 118 cm³/mol. The van der Waals surface area contributed by atoms with Crippen LogP contribution in [0.15, 0.2) is 77.7 Å². The Hall–Kier alpha value is -2.96. The first-order valence-corrected chi connectivity index (χ1v) is 10.7. The Bertz CT molecular complexity index is 1150. The number of amides is 1. The van der Waals surface area contributed by atoms with Crippen LogP contribution in [-0.4, -0.2) is 19.9 Å². The van der Waals surface area contributed by atoms with Crippen molar-refractivity contribution in [2.45, 2.75) is 31.2 Å². The summed E-state index contributed by atoms with van der Waals surface area (Å²) < 4.78 is 27.3. The zero-order valence-electron chi connectivity index (χ0n) is 16.6. The largest absolute Gasteiger partial charge is 0.323 e. The number of carbonyl (C=O) groups excluding carboxylic acids is 1. The topological polar surface area (TPSA) is 75.3 Å². The van der Waals surface area contributed by atoms with Crippen LogP contribution in [0.2, 0.25) is 0 Å². The summed E-state index contributed by atoms with van der Waals surface area (Å²) >= 11 is 0. The molecule has 0 fully saturated rings. The van der Waals surface area contributed by atoms with E-state index >= 15 is 0 Å². The molecule has 0 aliphatic rings. The maximum Gasteiger partial charge on any atom is 0.248 e. The highest BCUT2D eigenvalue weighted by molar-refractivity contribution is 7.89. The fourth-order valence-corrected chi connectivity index (χ4v) is 4.34. The molecule has 2 N–H and O–H groups in total. The van der Waals surface area contributed by atoms with E-state index in [0.29, 0.717) is 5.69 Å². The molecule has 5 nitrogen and oxygen atoms in total. The van der Waals surface area contributed by atoms with E-state index in [0.717, 1.165) is 16.3 Å². The van der Waals surface area contributed by atoms with Gasteiger partial charge in [0, 0.05) is 17.3 Å². The van der Waals surface area contributed by atoms with Crippen LogP contribution in [0.5, 0.6) is 0 Å². The number of hydrogen-bond donors (Lipinski definition) is 2. The number of nitrogens with one attached hydrogen (secondary N) is 2. The third-order valence-corrected chi connectivity index (χ3v) is 5.88. The maximum absolute atomic E-state index is 12.3. The molecule has 0 saturated carbocycles. The molecule has 0 spiro atoms. The average Bonchev–Trinajstić information content (AvgIpc) is 2.65. The van der Waals surface area contributed by atoms with Crippen LogP contribution < -0.4 is 10.0 Å². The van der Waals surface area contributed by atoms with Crippen LogP contribution >= 0.6 is 0 Å². The van der Waals surface area contributed by atoms with E-state index in [2.05, 4.69) is 10.0 Å². The Labute approximate surface area is 171 Å². The zero-order chi connectivity index (χ0) is 21.1. The van der Waals surface area contributed by atoms with E-state index < -0.39 is 15.6 Å². The molecule has 0 saturated heterocycles. The van der Waals surface area contributed by atoms with Crippen LogP contribution in [0, 0.1) is 0 Å². The first-order valence-electron chi connectivity index (χ1n) is 9.25. The predicted octanol–water partition coefficient (Wildman–Crippen LogP) is 4.57. The number of hydrogen-bond acceptors (Lipinski definition) is 3. The van der Waals surface area contributed by atoms with Gasteiger partial charge in [0.15, 0.2) is 0 Å². The van der Waals surface area contributed by atoms with Crippen molar-refractivity contribution in [1.82, 2.24) is 4.72 Å². The van der Waals surface area contributed by atoms with Gasteiger partial charge in [-0.1, -0.05) is 42.5 Å². The monoisotopic (exact) mass is 408 g/mol. The molecule has 0 aliphatic carbocycles. The van der Waals surface area contributed by atoms with Crippen molar-refractivity contribution in [2.24, 2.45) is 0 Å². The highest BCUT2D eigenvalue weighted by Gasteiger charge is 2.21. The van der Waals surface area contributed by atoms with Crippen LogP contribution in [0.3, 0.4) is 0 Å². The van der Waals surface area contributed by atoms with Gasteiger partial charge < -0.3 is 5.32 Å². The molecular weight excluding hydrogens is 384 g/mol. The molecule has 3 aromatic rings. The number of carbonyl (C=O) groups is 1. The van der Waals surface area contributed by atoms with Crippen molar-refractivity contribution in [3.05, 3.63) is 78.4 Å². The second kappa shape index (κ2) is 8.19. The Balaban J connectivity index is 1.70. The van der Waals surface area contributed by atoms with Gasteiger partial charge in [0.2, 0.25) is 15.9 Å². The maximum atomic E-state index is 12.3. The Morgan fingerprint density at radius 2 is 1.55 bits per heavy atom. The summed E-state index contributed by atoms with van der Waals surface area (Å²) in [6.45, 7) is 5.34. The normalized spacial score (nSPS) is 12.4. The van der Waals surface area contributed by atoms with Gasteiger partial charge in [-0.25, -0.2) is 13.1 Å². The smallest absolute Gasteiger partial charge is 0.248 e. The SMILES string of the molecule is CC(C)(C)NS(=O)(=O)c1ccc(NC(=O)/C=C/c2cccc3ccccc23)cc1. The molecule has 29 heavy (non-hydrogen) atoms. The van der Waals surface area contributed by atoms with Gasteiger partial charge in [-0.3, -0.25) is 4.79 Å². The van der Waals surface area contributed by atoms with Gasteiger partial charge in [0.25, 0.3) is 0 Å². The third-order valence-electron chi connectivity index (χ3n) is 4.11. The number of benzene rings is 3. The van der Waals surface area contributed by atoms with Crippen LogP contribution in [0.1, 0.15) is 26.3 Å². The number of anilines is 1. The van der Waals surface area contributed by atoms with Gasteiger partial charge >= 0.3 is 0 Å². The summed E-state index contributed by atoms with van der Waals surface area (Å²) in [6.07, 6.45) is 3.23. The molecule has 0 aliphatic heterocycles. The summed E-state index contributed by atoms with van der Waals surface area (Å²) in [5.74, 6) is -0.290. The summed E-state index contributed by atoms with van der Waals surface area (Å²) in [6, 6.07) is 20.0. The van der Waals surface area contributed by atoms with Crippen molar-refractivity contribution < 1.29 is 13.2 Å². The fourth-order valence-electron chi connectivity index (χ4n) is 2.92. The molecule has 0 heterocycles. The second-order valence-corrected chi connectivity index (χ2v) is 9.45. The first-order chi connectivity index (χ1) is 13.6. The quantitative estimate of drug-likeness (QED) is 0.607. The van der Waals surface area contributed by atoms with E-state index in [1.165, 1.54) is 18.2 Å². The molecule has 0 radical (unpaired) electrons. The van der Waals surface area contributed by atoms with Crippen molar-refractivity contribution in [1.29, 1.82) is 0 Å². The van der Waals surface area contributed by atoms with Crippen molar-refractivity contribution in [2.75, 3.05) is 5.32 Å². The lowest BCUT2D eigenvalue weighted by Crippen LogP contribution is -2.40. The summed E-state index contributed by atoms with van der Waals surface area (Å²) in [5.41, 5.74) is 0.901. The lowest BCUT2D eigenvalue weighted by molar-refractivity contribution is -0.111. The fraction of sp³-hybridized carbons (Fsp3) is 0.174. The van der Waals surface area contributed by atoms with Gasteiger partial charge in [-0.2, -0.15) is 0 Å². The lowest BCUT2D eigenvalue weighted by Gasteiger charge is -2.20. The molecule has 3 aromatic carbocycles. The number of rotatable bonds is 5. The summed E-state index contributed by atoms with van der Waals surface area (Å²) in [5, 5.41) is 4.92. The molecule has 0 aromatic heterocycles. The standard InChI is InChI=1S/C23H24N2O3S/c1-23(2,3)25-29(27,28)20-14-12-19(13-15-20)24-22(26)16-11-18-9-6-8-17-7-4-5-10-21(17)18/h4-16,25H,1-3H3,(H,24,26)/b16-11+. The molecule has 150 valence electrons. The van der Waals surface area contributed by atoms with Gasteiger partial charge in [-0.05, 0) is 67.4 Å². The first kappa shape index (κ1) is 20.8. The van der Waals surface area contributed by atoms with E-state index in [1.54, 1.807) is 39.0 Å². The van der Waals surface area contributed by atoms with Crippen molar-refractivity contribution in [3.63, 3.8) is 0 Å². The molecular formula is C23H24N2O3S. The molecule has 0 bridgehead atoms. The Kier molecular flexibility index (Phi) is 5.86. The Morgan fingerprint density at radius 3 is 2.24 bits per heavy atom.